The molecule has 0 aromatic heterocycles. The highest BCUT2D eigenvalue weighted by Gasteiger charge is 2.30. The van der Waals surface area contributed by atoms with Crippen molar-refractivity contribution in [2.45, 2.75) is 0 Å². The van der Waals surface area contributed by atoms with E-state index in [1.165, 1.54) is 12.1 Å². The summed E-state index contributed by atoms with van der Waals surface area (Å²) in [5, 5.41) is 9.95. The number of hydrogen-bond acceptors (Lipinski definition) is 2. The van der Waals surface area contributed by atoms with E-state index in [2.05, 4.69) is 0 Å². The quantitative estimate of drug-likeness (QED) is 0.586. The number of anilines is 1. The number of carboxylic acid groups (broad SMARTS) is 1. The summed E-state index contributed by atoms with van der Waals surface area (Å²) >= 11 is 5.95. The van der Waals surface area contributed by atoms with Gasteiger partial charge in [0.05, 0.1) is 16.9 Å². The van der Waals surface area contributed by atoms with E-state index >= 15 is 0 Å². The van der Waals surface area contributed by atoms with E-state index in [9.17, 15) is 14.7 Å². The minimum absolute atomic E-state index is 0.123. The number of nitrogens with zero attached hydrogens (tertiary/aromatic N) is 1. The van der Waals surface area contributed by atoms with Crippen LogP contribution >= 0.6 is 11.6 Å². The van der Waals surface area contributed by atoms with Crippen LogP contribution in [0.1, 0.15) is 21.5 Å². The van der Waals surface area contributed by atoms with E-state index in [0.717, 1.165) is 11.1 Å². The lowest BCUT2D eigenvalue weighted by molar-refractivity contribution is -0.113. The van der Waals surface area contributed by atoms with E-state index in [0.29, 0.717) is 22.0 Å². The highest BCUT2D eigenvalue weighted by molar-refractivity contribution is 6.30. The number of carboxylic acids is 1. The second kappa shape index (κ2) is 7.78. The van der Waals surface area contributed by atoms with Crippen LogP contribution in [0.25, 0.3) is 11.8 Å². The van der Waals surface area contributed by atoms with Crippen LogP contribution in [0.2, 0.25) is 5.02 Å². The third kappa shape index (κ3) is 3.84. The topological polar surface area (TPSA) is 57.6 Å². The number of carbonyl (C=O) groups is 2. The Kier molecular flexibility index (Phi) is 5.02. The predicted octanol–water partition coefficient (Wildman–Crippen LogP) is 5.51. The number of benzene rings is 3. The highest BCUT2D eigenvalue weighted by Crippen LogP contribution is 2.35. The van der Waals surface area contributed by atoms with Gasteiger partial charge in [0.25, 0.3) is 5.91 Å². The number of halogens is 1. The van der Waals surface area contributed by atoms with Crippen molar-refractivity contribution in [3.8, 4) is 0 Å². The molecule has 0 saturated carbocycles. The summed E-state index contributed by atoms with van der Waals surface area (Å²) in [6.07, 6.45) is 3.61. The summed E-state index contributed by atoms with van der Waals surface area (Å²) in [5.41, 5.74) is 3.54. The molecule has 1 amide bonds. The smallest absolute Gasteiger partial charge is 0.335 e. The molecule has 1 heterocycles. The van der Waals surface area contributed by atoms with Gasteiger partial charge in [0.15, 0.2) is 0 Å². The molecule has 142 valence electrons. The molecular formula is C24H16ClNO3. The van der Waals surface area contributed by atoms with Gasteiger partial charge in [-0.15, -0.1) is 0 Å². The summed E-state index contributed by atoms with van der Waals surface area (Å²) in [6, 6.07) is 23.1. The van der Waals surface area contributed by atoms with E-state index in [1.807, 2.05) is 48.5 Å². The molecule has 4 nitrogen and oxygen atoms in total. The van der Waals surface area contributed by atoms with Gasteiger partial charge < -0.3 is 5.11 Å². The molecule has 0 bridgehead atoms. The summed E-state index contributed by atoms with van der Waals surface area (Å²) in [7, 11) is 0. The maximum atomic E-state index is 13.3. The van der Waals surface area contributed by atoms with E-state index < -0.39 is 5.97 Å². The van der Waals surface area contributed by atoms with Crippen LogP contribution in [0.15, 0.2) is 90.5 Å². The Morgan fingerprint density at radius 2 is 1.66 bits per heavy atom. The van der Waals surface area contributed by atoms with Crippen LogP contribution in [-0.2, 0) is 4.79 Å². The van der Waals surface area contributed by atoms with Crippen LogP contribution in [-0.4, -0.2) is 17.0 Å². The van der Waals surface area contributed by atoms with Gasteiger partial charge in [-0.2, -0.15) is 0 Å². The first-order valence-electron chi connectivity index (χ1n) is 8.95. The average molecular weight is 402 g/mol. The van der Waals surface area contributed by atoms with Crippen molar-refractivity contribution in [2.75, 3.05) is 4.90 Å². The van der Waals surface area contributed by atoms with Crippen molar-refractivity contribution >= 4 is 40.9 Å². The van der Waals surface area contributed by atoms with Gasteiger partial charge in [-0.25, -0.2) is 4.79 Å². The van der Waals surface area contributed by atoms with Crippen molar-refractivity contribution < 1.29 is 14.7 Å². The van der Waals surface area contributed by atoms with Gasteiger partial charge >= 0.3 is 5.97 Å². The molecule has 5 heteroatoms. The van der Waals surface area contributed by atoms with Crippen LogP contribution < -0.4 is 4.90 Å². The molecule has 0 spiro atoms. The maximum Gasteiger partial charge on any atom is 0.335 e. The lowest BCUT2D eigenvalue weighted by Crippen LogP contribution is -2.25. The molecule has 0 atom stereocenters. The molecule has 0 aliphatic carbocycles. The Balaban J connectivity index is 1.82. The van der Waals surface area contributed by atoms with Crippen molar-refractivity contribution in [2.24, 2.45) is 0 Å². The number of hydrogen-bond donors (Lipinski definition) is 1. The summed E-state index contributed by atoms with van der Waals surface area (Å²) in [4.78, 5) is 26.2. The third-order valence-electron chi connectivity index (χ3n) is 4.60. The van der Waals surface area contributed by atoms with Crippen LogP contribution in [0, 0.1) is 0 Å². The lowest BCUT2D eigenvalue weighted by atomic mass is 10.1. The molecule has 1 N–H and O–H groups in total. The van der Waals surface area contributed by atoms with Gasteiger partial charge in [-0.1, -0.05) is 60.1 Å². The van der Waals surface area contributed by atoms with Gasteiger partial charge in [0.1, 0.15) is 0 Å². The highest BCUT2D eigenvalue weighted by atomic mass is 35.5. The minimum Gasteiger partial charge on any atom is -0.478 e. The third-order valence-corrected chi connectivity index (χ3v) is 4.85. The second-order valence-electron chi connectivity index (χ2n) is 6.54. The molecule has 3 aromatic rings. The first kappa shape index (κ1) is 18.7. The molecule has 0 unspecified atom stereocenters. The molecule has 29 heavy (non-hydrogen) atoms. The predicted molar refractivity (Wildman–Crippen MR) is 115 cm³/mol. The lowest BCUT2D eigenvalue weighted by Gasteiger charge is -2.21. The Morgan fingerprint density at radius 3 is 2.34 bits per heavy atom. The Hall–Kier alpha value is -3.63. The fraction of sp³-hybridized carbons (Fsp3) is 0. The zero-order valence-electron chi connectivity index (χ0n) is 15.2. The number of aromatic carboxylic acids is 1. The maximum absolute atomic E-state index is 13.3. The van der Waals surface area contributed by atoms with Crippen molar-refractivity contribution in [1.82, 2.24) is 0 Å². The molecule has 1 aliphatic rings. The Labute approximate surface area is 173 Å². The summed E-state index contributed by atoms with van der Waals surface area (Å²) < 4.78 is 0. The largest absolute Gasteiger partial charge is 0.478 e. The first-order chi connectivity index (χ1) is 14.0. The fourth-order valence-electron chi connectivity index (χ4n) is 3.21. The van der Waals surface area contributed by atoms with Crippen LogP contribution in [0.5, 0.6) is 0 Å². The fourth-order valence-corrected chi connectivity index (χ4v) is 3.34. The molecule has 3 aromatic carbocycles. The van der Waals surface area contributed by atoms with Crippen molar-refractivity contribution in [3.63, 3.8) is 0 Å². The van der Waals surface area contributed by atoms with Gasteiger partial charge in [0.2, 0.25) is 0 Å². The molecular weight excluding hydrogens is 386 g/mol. The number of amides is 1. The molecule has 0 fully saturated rings. The van der Waals surface area contributed by atoms with Gasteiger partial charge in [-0.3, -0.25) is 9.69 Å². The van der Waals surface area contributed by atoms with E-state index in [4.69, 9.17) is 11.6 Å². The SMILES string of the molecule is O=C(O)c1cccc(N2C(=O)C(=Cc3ccc(Cl)cc3)C=C2c2ccccc2)c1. The minimum atomic E-state index is -1.04. The standard InChI is InChI=1S/C24H16ClNO3/c25-20-11-9-16(10-12-20)13-19-15-22(17-5-2-1-3-6-17)26(23(19)27)21-8-4-7-18(14-21)24(28)29/h1-15H,(H,28,29). The summed E-state index contributed by atoms with van der Waals surface area (Å²) in [6.45, 7) is 0. The molecule has 1 aliphatic heterocycles. The second-order valence-corrected chi connectivity index (χ2v) is 6.98. The van der Waals surface area contributed by atoms with Crippen molar-refractivity contribution in [3.05, 3.63) is 112 Å². The molecule has 0 radical (unpaired) electrons. The van der Waals surface area contributed by atoms with Crippen LogP contribution in [0.4, 0.5) is 5.69 Å². The molecule has 4 rings (SSSR count). The normalized spacial score (nSPS) is 14.9. The van der Waals surface area contributed by atoms with Gasteiger partial charge in [0, 0.05) is 10.6 Å². The zero-order valence-corrected chi connectivity index (χ0v) is 16.0. The average Bonchev–Trinajstić information content (AvgIpc) is 3.06. The number of carbonyl (C=O) groups excluding carboxylic acids is 1. The number of rotatable bonds is 4. The Bertz CT molecular complexity index is 1150. The van der Waals surface area contributed by atoms with Crippen molar-refractivity contribution in [1.29, 1.82) is 0 Å². The first-order valence-corrected chi connectivity index (χ1v) is 9.33. The summed E-state index contributed by atoms with van der Waals surface area (Å²) in [5.74, 6) is -1.26. The monoisotopic (exact) mass is 401 g/mol. The van der Waals surface area contributed by atoms with E-state index in [-0.39, 0.29) is 11.5 Å². The van der Waals surface area contributed by atoms with Gasteiger partial charge in [-0.05, 0) is 53.6 Å². The Morgan fingerprint density at radius 1 is 0.931 bits per heavy atom. The van der Waals surface area contributed by atoms with Crippen LogP contribution in [0.3, 0.4) is 0 Å². The molecule has 0 saturated heterocycles. The van der Waals surface area contributed by atoms with E-state index in [1.54, 1.807) is 35.2 Å². The zero-order chi connectivity index (χ0) is 20.4.